The van der Waals surface area contributed by atoms with Gasteiger partial charge < -0.3 is 15.4 Å². The maximum absolute atomic E-state index is 12.4. The normalized spacial score (nSPS) is 10.1. The first-order valence-electron chi connectivity index (χ1n) is 8.12. The fraction of sp³-hybridized carbons (Fsp3) is 0.105. The van der Waals surface area contributed by atoms with Gasteiger partial charge in [0.05, 0.1) is 36.2 Å². The molecule has 2 N–H and O–H groups in total. The summed E-state index contributed by atoms with van der Waals surface area (Å²) in [6, 6.07) is 12.2. The summed E-state index contributed by atoms with van der Waals surface area (Å²) in [6.07, 6.45) is 4.52. The lowest BCUT2D eigenvalue weighted by Crippen LogP contribution is -2.16. The monoisotopic (exact) mass is 363 g/mol. The van der Waals surface area contributed by atoms with Crippen LogP contribution in [0, 0.1) is 0 Å². The zero-order chi connectivity index (χ0) is 19.1. The van der Waals surface area contributed by atoms with Gasteiger partial charge in [0, 0.05) is 18.6 Å². The molecule has 0 radical (unpaired) electrons. The number of methoxy groups -OCH3 is 1. The molecule has 0 spiro atoms. The second-order valence-electron chi connectivity index (χ2n) is 5.46. The molecule has 2 heterocycles. The number of carbonyl (C=O) groups is 2. The van der Waals surface area contributed by atoms with Crippen molar-refractivity contribution in [2.75, 3.05) is 17.7 Å². The summed E-state index contributed by atoms with van der Waals surface area (Å²) in [5, 5.41) is 5.70. The standard InChI is InChI=1S/C19H17N5O3/c1-27-18(26)15-7-2-3-8-16(15)24-17(25)13-10-21-19(22-11-13)23-12-14-6-4-5-9-20-14/h2-11H,12H2,1H3,(H,24,25)(H,21,22,23). The molecule has 1 aromatic carbocycles. The highest BCUT2D eigenvalue weighted by Crippen LogP contribution is 2.17. The smallest absolute Gasteiger partial charge is 0.339 e. The Bertz CT molecular complexity index is 930. The molecule has 0 aliphatic rings. The fourth-order valence-corrected chi connectivity index (χ4v) is 2.28. The Morgan fingerprint density at radius 1 is 1.00 bits per heavy atom. The topological polar surface area (TPSA) is 106 Å². The molecule has 0 saturated carbocycles. The lowest BCUT2D eigenvalue weighted by Gasteiger charge is -2.09. The lowest BCUT2D eigenvalue weighted by molar-refractivity contribution is 0.0602. The van der Waals surface area contributed by atoms with Crippen molar-refractivity contribution in [2.45, 2.75) is 6.54 Å². The molecule has 0 atom stereocenters. The summed E-state index contributed by atoms with van der Waals surface area (Å²) in [5.74, 6) is -0.578. The van der Waals surface area contributed by atoms with Crippen molar-refractivity contribution in [3.05, 3.63) is 77.9 Å². The van der Waals surface area contributed by atoms with E-state index in [0.29, 0.717) is 18.2 Å². The van der Waals surface area contributed by atoms with Crippen LogP contribution in [0.2, 0.25) is 0 Å². The molecule has 0 aliphatic heterocycles. The lowest BCUT2D eigenvalue weighted by atomic mass is 10.1. The first-order chi connectivity index (χ1) is 13.2. The predicted molar refractivity (Wildman–Crippen MR) is 99.3 cm³/mol. The van der Waals surface area contributed by atoms with Crippen molar-refractivity contribution in [3.63, 3.8) is 0 Å². The molecular weight excluding hydrogens is 346 g/mol. The Morgan fingerprint density at radius 3 is 2.44 bits per heavy atom. The number of para-hydroxylation sites is 1. The average Bonchev–Trinajstić information content (AvgIpc) is 2.73. The van der Waals surface area contributed by atoms with E-state index in [4.69, 9.17) is 4.74 Å². The van der Waals surface area contributed by atoms with Gasteiger partial charge in [0.1, 0.15) is 0 Å². The Hall–Kier alpha value is -3.81. The Morgan fingerprint density at radius 2 is 1.74 bits per heavy atom. The number of benzene rings is 1. The van der Waals surface area contributed by atoms with Gasteiger partial charge in [0.25, 0.3) is 5.91 Å². The highest BCUT2D eigenvalue weighted by atomic mass is 16.5. The number of amides is 1. The van der Waals surface area contributed by atoms with Crippen LogP contribution in [-0.4, -0.2) is 33.9 Å². The van der Waals surface area contributed by atoms with Crippen LogP contribution in [0.25, 0.3) is 0 Å². The third-order valence-electron chi connectivity index (χ3n) is 3.65. The molecule has 1 amide bonds. The number of pyridine rings is 1. The number of carbonyl (C=O) groups excluding carboxylic acids is 2. The molecule has 8 nitrogen and oxygen atoms in total. The number of nitrogens with one attached hydrogen (secondary N) is 2. The molecule has 2 aromatic heterocycles. The van der Waals surface area contributed by atoms with E-state index in [1.165, 1.54) is 19.5 Å². The average molecular weight is 363 g/mol. The number of ether oxygens (including phenoxy) is 1. The van der Waals surface area contributed by atoms with E-state index in [0.717, 1.165) is 5.69 Å². The minimum Gasteiger partial charge on any atom is -0.465 e. The van der Waals surface area contributed by atoms with Crippen molar-refractivity contribution in [3.8, 4) is 0 Å². The van der Waals surface area contributed by atoms with Crippen LogP contribution in [0.3, 0.4) is 0 Å². The van der Waals surface area contributed by atoms with Gasteiger partial charge in [-0.3, -0.25) is 9.78 Å². The van der Waals surface area contributed by atoms with E-state index in [2.05, 4.69) is 25.6 Å². The van der Waals surface area contributed by atoms with E-state index in [1.54, 1.807) is 30.5 Å². The molecule has 0 bridgehead atoms. The van der Waals surface area contributed by atoms with Crippen molar-refractivity contribution < 1.29 is 14.3 Å². The van der Waals surface area contributed by atoms with Gasteiger partial charge in [0.15, 0.2) is 0 Å². The SMILES string of the molecule is COC(=O)c1ccccc1NC(=O)c1cnc(NCc2ccccn2)nc1. The van der Waals surface area contributed by atoms with E-state index in [1.807, 2.05) is 18.2 Å². The van der Waals surface area contributed by atoms with Crippen molar-refractivity contribution in [1.82, 2.24) is 15.0 Å². The Kier molecular flexibility index (Phi) is 5.68. The number of rotatable bonds is 6. The molecule has 8 heteroatoms. The van der Waals surface area contributed by atoms with Crippen LogP contribution in [0.5, 0.6) is 0 Å². The van der Waals surface area contributed by atoms with E-state index >= 15 is 0 Å². The maximum Gasteiger partial charge on any atom is 0.339 e. The molecule has 27 heavy (non-hydrogen) atoms. The molecule has 0 saturated heterocycles. The fourth-order valence-electron chi connectivity index (χ4n) is 2.28. The van der Waals surface area contributed by atoms with Gasteiger partial charge in [-0.1, -0.05) is 18.2 Å². The van der Waals surface area contributed by atoms with Crippen molar-refractivity contribution in [2.24, 2.45) is 0 Å². The summed E-state index contributed by atoms with van der Waals surface area (Å²) in [4.78, 5) is 36.6. The van der Waals surface area contributed by atoms with E-state index < -0.39 is 11.9 Å². The number of hydrogen-bond acceptors (Lipinski definition) is 7. The number of hydrogen-bond donors (Lipinski definition) is 2. The van der Waals surface area contributed by atoms with Crippen LogP contribution in [0.1, 0.15) is 26.4 Å². The number of anilines is 2. The van der Waals surface area contributed by atoms with Crippen LogP contribution in [0.4, 0.5) is 11.6 Å². The second kappa shape index (κ2) is 8.52. The van der Waals surface area contributed by atoms with Crippen molar-refractivity contribution >= 4 is 23.5 Å². The molecule has 3 aromatic rings. The van der Waals surface area contributed by atoms with Crippen LogP contribution in [0.15, 0.2) is 61.1 Å². The molecule has 0 fully saturated rings. The summed E-state index contributed by atoms with van der Waals surface area (Å²) < 4.78 is 4.72. The van der Waals surface area contributed by atoms with E-state index in [9.17, 15) is 9.59 Å². The zero-order valence-corrected chi connectivity index (χ0v) is 14.5. The Balaban J connectivity index is 1.65. The van der Waals surface area contributed by atoms with Crippen LogP contribution >= 0.6 is 0 Å². The number of esters is 1. The summed E-state index contributed by atoms with van der Waals surface area (Å²) in [5.41, 5.74) is 1.73. The maximum atomic E-state index is 12.4. The minimum atomic E-state index is -0.531. The zero-order valence-electron chi connectivity index (χ0n) is 14.5. The summed E-state index contributed by atoms with van der Waals surface area (Å²) in [7, 11) is 1.28. The summed E-state index contributed by atoms with van der Waals surface area (Å²) >= 11 is 0. The predicted octanol–water partition coefficient (Wildman–Crippen LogP) is 2.52. The van der Waals surface area contributed by atoms with Gasteiger partial charge in [-0.2, -0.15) is 0 Å². The molecule has 0 aliphatic carbocycles. The molecule has 136 valence electrons. The quantitative estimate of drug-likeness (QED) is 0.648. The minimum absolute atomic E-state index is 0.262. The summed E-state index contributed by atoms with van der Waals surface area (Å²) in [6.45, 7) is 0.471. The largest absolute Gasteiger partial charge is 0.465 e. The molecular formula is C19H17N5O3. The second-order valence-corrected chi connectivity index (χ2v) is 5.46. The molecule has 3 rings (SSSR count). The molecule has 0 unspecified atom stereocenters. The highest BCUT2D eigenvalue weighted by Gasteiger charge is 2.14. The van der Waals surface area contributed by atoms with Gasteiger partial charge in [-0.05, 0) is 24.3 Å². The third-order valence-corrected chi connectivity index (χ3v) is 3.65. The first kappa shape index (κ1) is 18.0. The van der Waals surface area contributed by atoms with Crippen LogP contribution in [-0.2, 0) is 11.3 Å². The van der Waals surface area contributed by atoms with Gasteiger partial charge in [-0.25, -0.2) is 14.8 Å². The Labute approximate surface area is 155 Å². The number of nitrogens with zero attached hydrogens (tertiary/aromatic N) is 3. The van der Waals surface area contributed by atoms with Crippen LogP contribution < -0.4 is 10.6 Å². The highest BCUT2D eigenvalue weighted by molar-refractivity contribution is 6.07. The third kappa shape index (κ3) is 4.63. The van der Waals surface area contributed by atoms with Gasteiger partial charge in [0.2, 0.25) is 5.95 Å². The first-order valence-corrected chi connectivity index (χ1v) is 8.12. The van der Waals surface area contributed by atoms with Gasteiger partial charge >= 0.3 is 5.97 Å². The van der Waals surface area contributed by atoms with E-state index in [-0.39, 0.29) is 11.1 Å². The van der Waals surface area contributed by atoms with Gasteiger partial charge in [-0.15, -0.1) is 0 Å². The number of aromatic nitrogens is 3. The van der Waals surface area contributed by atoms with Crippen molar-refractivity contribution in [1.29, 1.82) is 0 Å².